The van der Waals surface area contributed by atoms with Crippen LogP contribution in [0.3, 0.4) is 0 Å². The van der Waals surface area contributed by atoms with E-state index >= 15 is 0 Å². The third kappa shape index (κ3) is 4.65. The first-order valence-electron chi connectivity index (χ1n) is 10.6. The van der Waals surface area contributed by atoms with Gasteiger partial charge in [0, 0.05) is 58.0 Å². The largest absolute Gasteiger partial charge is 0.506 e. The van der Waals surface area contributed by atoms with Gasteiger partial charge in [-0.1, -0.05) is 24.3 Å². The van der Waals surface area contributed by atoms with Crippen LogP contribution in [0, 0.1) is 0 Å². The molecule has 2 aliphatic heterocycles. The second-order valence-electron chi connectivity index (χ2n) is 7.79. The average Bonchev–Trinajstić information content (AvgIpc) is 3.30. The predicted molar refractivity (Wildman–Crippen MR) is 117 cm³/mol. The second kappa shape index (κ2) is 9.18. The standard InChI is InChI=1S/C23H30N4O2/c28-21-10-6-9-20(23(29)27-12-4-5-13-27)22(21)24-11-14-25-15-17-26(18-16-25)19-7-2-1-3-8-19/h1-3,6-10,24,28H,4-5,11-18H2. The quantitative estimate of drug-likeness (QED) is 0.738. The molecule has 0 unspecified atom stereocenters. The zero-order valence-corrected chi connectivity index (χ0v) is 16.9. The Hall–Kier alpha value is -2.73. The zero-order chi connectivity index (χ0) is 20.1. The number of benzene rings is 2. The first-order chi connectivity index (χ1) is 14.2. The van der Waals surface area contributed by atoms with E-state index in [1.807, 2.05) is 11.0 Å². The number of piperazine rings is 1. The molecule has 4 rings (SSSR count). The van der Waals surface area contributed by atoms with E-state index in [0.29, 0.717) is 17.8 Å². The van der Waals surface area contributed by atoms with Crippen molar-refractivity contribution in [3.63, 3.8) is 0 Å². The summed E-state index contributed by atoms with van der Waals surface area (Å²) in [6, 6.07) is 15.7. The summed E-state index contributed by atoms with van der Waals surface area (Å²) >= 11 is 0. The van der Waals surface area contributed by atoms with Crippen molar-refractivity contribution >= 4 is 17.3 Å². The van der Waals surface area contributed by atoms with E-state index in [1.165, 1.54) is 5.69 Å². The summed E-state index contributed by atoms with van der Waals surface area (Å²) in [4.78, 5) is 19.5. The molecule has 2 heterocycles. The Kier molecular flexibility index (Phi) is 6.20. The average molecular weight is 395 g/mol. The topological polar surface area (TPSA) is 59.1 Å². The van der Waals surface area contributed by atoms with Gasteiger partial charge in [0.1, 0.15) is 5.75 Å². The molecule has 2 aliphatic rings. The summed E-state index contributed by atoms with van der Waals surface area (Å²) in [6.45, 7) is 7.24. The molecule has 2 fully saturated rings. The number of amides is 1. The van der Waals surface area contributed by atoms with Crippen LogP contribution in [0.5, 0.6) is 5.75 Å². The van der Waals surface area contributed by atoms with Crippen LogP contribution in [0.1, 0.15) is 23.2 Å². The fraction of sp³-hybridized carbons (Fsp3) is 0.435. The molecule has 154 valence electrons. The van der Waals surface area contributed by atoms with Crippen molar-refractivity contribution in [2.75, 3.05) is 62.6 Å². The van der Waals surface area contributed by atoms with E-state index in [4.69, 9.17) is 0 Å². The van der Waals surface area contributed by atoms with Crippen LogP contribution in [0.25, 0.3) is 0 Å². The Labute approximate surface area is 172 Å². The third-order valence-electron chi connectivity index (χ3n) is 5.89. The highest BCUT2D eigenvalue weighted by Crippen LogP contribution is 2.29. The van der Waals surface area contributed by atoms with Gasteiger partial charge in [0.2, 0.25) is 0 Å². The Morgan fingerprint density at radius 3 is 2.34 bits per heavy atom. The Bertz CT molecular complexity index is 813. The number of rotatable bonds is 6. The van der Waals surface area contributed by atoms with Crippen molar-refractivity contribution in [2.24, 2.45) is 0 Å². The molecule has 0 saturated carbocycles. The second-order valence-corrected chi connectivity index (χ2v) is 7.79. The number of likely N-dealkylation sites (tertiary alicyclic amines) is 1. The molecular formula is C23H30N4O2. The van der Waals surface area contributed by atoms with Gasteiger partial charge in [-0.15, -0.1) is 0 Å². The first-order valence-corrected chi connectivity index (χ1v) is 10.6. The number of carbonyl (C=O) groups is 1. The maximum absolute atomic E-state index is 12.8. The highest BCUT2D eigenvalue weighted by atomic mass is 16.3. The van der Waals surface area contributed by atoms with Gasteiger partial charge in [0.05, 0.1) is 11.3 Å². The number of nitrogens with one attached hydrogen (secondary N) is 1. The lowest BCUT2D eigenvalue weighted by Crippen LogP contribution is -2.47. The molecule has 0 aliphatic carbocycles. The molecule has 29 heavy (non-hydrogen) atoms. The number of aromatic hydroxyl groups is 1. The van der Waals surface area contributed by atoms with Gasteiger partial charge in [-0.3, -0.25) is 9.69 Å². The van der Waals surface area contributed by atoms with Crippen molar-refractivity contribution in [1.82, 2.24) is 9.80 Å². The minimum Gasteiger partial charge on any atom is -0.506 e. The molecular weight excluding hydrogens is 364 g/mol. The summed E-state index contributed by atoms with van der Waals surface area (Å²) in [7, 11) is 0. The first kappa shape index (κ1) is 19.6. The van der Waals surface area contributed by atoms with Crippen molar-refractivity contribution in [3.8, 4) is 5.75 Å². The highest BCUT2D eigenvalue weighted by molar-refractivity contribution is 6.01. The van der Waals surface area contributed by atoms with Crippen molar-refractivity contribution in [3.05, 3.63) is 54.1 Å². The molecule has 0 atom stereocenters. The van der Waals surface area contributed by atoms with Gasteiger partial charge in [-0.2, -0.15) is 0 Å². The van der Waals surface area contributed by atoms with E-state index < -0.39 is 0 Å². The lowest BCUT2D eigenvalue weighted by molar-refractivity contribution is 0.0793. The number of anilines is 2. The molecule has 6 heteroatoms. The highest BCUT2D eigenvalue weighted by Gasteiger charge is 2.23. The van der Waals surface area contributed by atoms with Crippen LogP contribution >= 0.6 is 0 Å². The van der Waals surface area contributed by atoms with E-state index in [0.717, 1.165) is 58.7 Å². The van der Waals surface area contributed by atoms with Crippen molar-refractivity contribution < 1.29 is 9.90 Å². The number of carbonyl (C=O) groups excluding carboxylic acids is 1. The summed E-state index contributed by atoms with van der Waals surface area (Å²) in [5, 5.41) is 13.7. The van der Waals surface area contributed by atoms with E-state index in [-0.39, 0.29) is 11.7 Å². The summed E-state index contributed by atoms with van der Waals surface area (Å²) in [6.07, 6.45) is 2.12. The third-order valence-corrected chi connectivity index (χ3v) is 5.89. The maximum Gasteiger partial charge on any atom is 0.256 e. The molecule has 6 nitrogen and oxygen atoms in total. The number of hydrogen-bond acceptors (Lipinski definition) is 5. The van der Waals surface area contributed by atoms with Crippen molar-refractivity contribution in [2.45, 2.75) is 12.8 Å². The Balaban J connectivity index is 1.30. The SMILES string of the molecule is O=C(c1cccc(O)c1NCCN1CCN(c2ccccc2)CC1)N1CCCC1. The monoisotopic (exact) mass is 394 g/mol. The lowest BCUT2D eigenvalue weighted by Gasteiger charge is -2.36. The number of para-hydroxylation sites is 2. The van der Waals surface area contributed by atoms with Gasteiger partial charge >= 0.3 is 0 Å². The van der Waals surface area contributed by atoms with Gasteiger partial charge in [-0.25, -0.2) is 0 Å². The van der Waals surface area contributed by atoms with E-state index in [2.05, 4.69) is 39.4 Å². The number of phenols is 1. The molecule has 2 aromatic rings. The number of nitrogens with zero attached hydrogens (tertiary/aromatic N) is 3. The molecule has 1 amide bonds. The maximum atomic E-state index is 12.8. The van der Waals surface area contributed by atoms with Gasteiger partial charge in [-0.05, 0) is 37.1 Å². The molecule has 2 saturated heterocycles. The van der Waals surface area contributed by atoms with Crippen LogP contribution < -0.4 is 10.2 Å². The van der Waals surface area contributed by atoms with Crippen molar-refractivity contribution in [1.29, 1.82) is 0 Å². The van der Waals surface area contributed by atoms with Gasteiger partial charge in [0.15, 0.2) is 0 Å². The van der Waals surface area contributed by atoms with Gasteiger partial charge < -0.3 is 20.2 Å². The minimum absolute atomic E-state index is 0.0115. The van der Waals surface area contributed by atoms with Crippen LogP contribution in [-0.2, 0) is 0 Å². The molecule has 2 aromatic carbocycles. The van der Waals surface area contributed by atoms with Crippen LogP contribution in [0.4, 0.5) is 11.4 Å². The molecule has 0 radical (unpaired) electrons. The number of phenolic OH excluding ortho intramolecular Hbond substituents is 1. The fourth-order valence-corrected chi connectivity index (χ4v) is 4.20. The summed E-state index contributed by atoms with van der Waals surface area (Å²) in [5.74, 6) is 0.154. The molecule has 0 bridgehead atoms. The summed E-state index contributed by atoms with van der Waals surface area (Å²) < 4.78 is 0. The molecule has 0 aromatic heterocycles. The van der Waals surface area contributed by atoms with E-state index in [9.17, 15) is 9.90 Å². The van der Waals surface area contributed by atoms with Crippen LogP contribution in [0.2, 0.25) is 0 Å². The molecule has 0 spiro atoms. The predicted octanol–water partition coefficient (Wildman–Crippen LogP) is 2.86. The van der Waals surface area contributed by atoms with Crippen LogP contribution in [0.15, 0.2) is 48.5 Å². The Morgan fingerprint density at radius 2 is 1.62 bits per heavy atom. The lowest BCUT2D eigenvalue weighted by atomic mass is 10.1. The van der Waals surface area contributed by atoms with Gasteiger partial charge in [0.25, 0.3) is 5.91 Å². The minimum atomic E-state index is 0.0115. The zero-order valence-electron chi connectivity index (χ0n) is 16.9. The fourth-order valence-electron chi connectivity index (χ4n) is 4.20. The number of hydrogen-bond donors (Lipinski definition) is 2. The molecule has 2 N–H and O–H groups in total. The smallest absolute Gasteiger partial charge is 0.256 e. The van der Waals surface area contributed by atoms with E-state index in [1.54, 1.807) is 18.2 Å². The van der Waals surface area contributed by atoms with Crippen LogP contribution in [-0.4, -0.2) is 73.2 Å². The normalized spacial score (nSPS) is 17.5. The summed E-state index contributed by atoms with van der Waals surface area (Å²) in [5.41, 5.74) is 2.41. The Morgan fingerprint density at radius 1 is 0.897 bits per heavy atom.